The summed E-state index contributed by atoms with van der Waals surface area (Å²) in [6, 6.07) is 5.73. The number of alkyl halides is 3. The van der Waals surface area contributed by atoms with Crippen LogP contribution in [0.4, 0.5) is 17.6 Å². The summed E-state index contributed by atoms with van der Waals surface area (Å²) >= 11 is 11.9. The Bertz CT molecular complexity index is 915. The van der Waals surface area contributed by atoms with Crippen molar-refractivity contribution in [3.63, 3.8) is 0 Å². The number of carbonyl (C=O) groups excluding carboxylic acids is 1. The van der Waals surface area contributed by atoms with Crippen LogP contribution in [0.2, 0.25) is 10.0 Å². The van der Waals surface area contributed by atoms with Crippen LogP contribution in [-0.4, -0.2) is 30.3 Å². The fourth-order valence-electron chi connectivity index (χ4n) is 2.89. The quantitative estimate of drug-likeness (QED) is 0.535. The summed E-state index contributed by atoms with van der Waals surface area (Å²) in [6.45, 7) is 0.981. The highest BCUT2D eigenvalue weighted by Crippen LogP contribution is 2.33. The van der Waals surface area contributed by atoms with E-state index in [9.17, 15) is 22.4 Å². The van der Waals surface area contributed by atoms with Crippen LogP contribution in [0.25, 0.3) is 0 Å². The molecule has 4 nitrogen and oxygen atoms in total. The van der Waals surface area contributed by atoms with Crippen molar-refractivity contribution >= 4 is 29.1 Å². The van der Waals surface area contributed by atoms with Gasteiger partial charge in [-0.2, -0.15) is 0 Å². The number of hydrogen-bond acceptors (Lipinski definition) is 3. The maximum atomic E-state index is 14.4. The molecule has 0 spiro atoms. The molecule has 2 aromatic rings. The fourth-order valence-corrected chi connectivity index (χ4v) is 3.32. The van der Waals surface area contributed by atoms with Gasteiger partial charge in [-0.1, -0.05) is 23.2 Å². The molecule has 1 fully saturated rings. The highest BCUT2D eigenvalue weighted by atomic mass is 35.5. The molecule has 0 aliphatic carbocycles. The molecule has 29 heavy (non-hydrogen) atoms. The predicted octanol–water partition coefficient (Wildman–Crippen LogP) is 5.85. The first kappa shape index (κ1) is 21.5. The molecule has 1 saturated heterocycles. The van der Waals surface area contributed by atoms with E-state index in [0.717, 1.165) is 31.0 Å². The van der Waals surface area contributed by atoms with Gasteiger partial charge in [0.15, 0.2) is 0 Å². The van der Waals surface area contributed by atoms with Crippen LogP contribution in [0.1, 0.15) is 28.8 Å². The lowest BCUT2D eigenvalue weighted by molar-refractivity contribution is -0.274. The van der Waals surface area contributed by atoms with Gasteiger partial charge in [-0.25, -0.2) is 4.39 Å². The average molecular weight is 452 g/mol. The molecule has 0 bridgehead atoms. The number of halogens is 6. The van der Waals surface area contributed by atoms with E-state index in [1.54, 1.807) is 4.90 Å². The molecule has 0 radical (unpaired) electrons. The third kappa shape index (κ3) is 5.45. The number of benzene rings is 2. The molecule has 156 valence electrons. The molecule has 1 amide bonds. The van der Waals surface area contributed by atoms with Crippen molar-refractivity contribution < 1.29 is 31.8 Å². The van der Waals surface area contributed by atoms with Crippen LogP contribution in [0.15, 0.2) is 30.3 Å². The maximum Gasteiger partial charge on any atom is 0.573 e. The maximum absolute atomic E-state index is 14.4. The van der Waals surface area contributed by atoms with Gasteiger partial charge in [-0.05, 0) is 37.1 Å². The normalized spacial score (nSPS) is 14.2. The van der Waals surface area contributed by atoms with Gasteiger partial charge in [0.05, 0.1) is 10.6 Å². The zero-order valence-electron chi connectivity index (χ0n) is 14.9. The number of carbonyl (C=O) groups is 1. The lowest BCUT2D eigenvalue weighted by atomic mass is 10.1. The lowest BCUT2D eigenvalue weighted by Gasteiger charge is -2.17. The first-order valence-electron chi connectivity index (χ1n) is 8.59. The topological polar surface area (TPSA) is 38.8 Å². The van der Waals surface area contributed by atoms with Gasteiger partial charge in [0.2, 0.25) is 0 Å². The Kier molecular flexibility index (Phi) is 6.43. The summed E-state index contributed by atoms with van der Waals surface area (Å²) in [7, 11) is 0. The number of hydrogen-bond donors (Lipinski definition) is 0. The van der Waals surface area contributed by atoms with Crippen LogP contribution in [-0.2, 0) is 6.61 Å². The van der Waals surface area contributed by atoms with E-state index >= 15 is 0 Å². The second kappa shape index (κ2) is 8.67. The summed E-state index contributed by atoms with van der Waals surface area (Å²) in [4.78, 5) is 13.9. The first-order chi connectivity index (χ1) is 13.6. The van der Waals surface area contributed by atoms with E-state index in [2.05, 4.69) is 4.74 Å². The van der Waals surface area contributed by atoms with Gasteiger partial charge in [-0.3, -0.25) is 4.79 Å². The van der Waals surface area contributed by atoms with Gasteiger partial charge >= 0.3 is 6.36 Å². The van der Waals surface area contributed by atoms with Crippen molar-refractivity contribution in [2.45, 2.75) is 25.8 Å². The standard InChI is InChI=1S/C19H15Cl2F4NO3/c20-14-9-13(18(27)26-5-1-2-6-26)16(22)7-11(14)10-28-12-3-4-17(15(21)8-12)29-19(23,24)25/h3-4,7-9H,1-2,5-6,10H2. The molecule has 1 aliphatic rings. The minimum Gasteiger partial charge on any atom is -0.489 e. The molecule has 0 unspecified atom stereocenters. The summed E-state index contributed by atoms with van der Waals surface area (Å²) in [5, 5.41) is -0.166. The van der Waals surface area contributed by atoms with Gasteiger partial charge < -0.3 is 14.4 Å². The molecular weight excluding hydrogens is 437 g/mol. The minimum atomic E-state index is -4.87. The Labute approximate surface area is 173 Å². The van der Waals surface area contributed by atoms with Crippen molar-refractivity contribution in [3.05, 3.63) is 57.3 Å². The fraction of sp³-hybridized carbons (Fsp3) is 0.316. The summed E-state index contributed by atoms with van der Waals surface area (Å²) in [5.74, 6) is -1.57. The summed E-state index contributed by atoms with van der Waals surface area (Å²) < 4.78 is 60.4. The number of likely N-dealkylation sites (tertiary alicyclic amines) is 1. The molecule has 10 heteroatoms. The van der Waals surface area contributed by atoms with Gasteiger partial charge in [0.1, 0.15) is 23.9 Å². The van der Waals surface area contributed by atoms with Gasteiger partial charge in [0.25, 0.3) is 5.91 Å². The predicted molar refractivity (Wildman–Crippen MR) is 99.0 cm³/mol. The van der Waals surface area contributed by atoms with Crippen LogP contribution >= 0.6 is 23.2 Å². The van der Waals surface area contributed by atoms with Crippen LogP contribution in [0.5, 0.6) is 11.5 Å². The number of amides is 1. The third-order valence-corrected chi connectivity index (χ3v) is 4.93. The zero-order chi connectivity index (χ0) is 21.2. The van der Waals surface area contributed by atoms with Crippen molar-refractivity contribution in [2.24, 2.45) is 0 Å². The molecule has 1 heterocycles. The number of ether oxygens (including phenoxy) is 2. The van der Waals surface area contributed by atoms with Crippen molar-refractivity contribution in [1.29, 1.82) is 0 Å². The second-order valence-electron chi connectivity index (χ2n) is 6.35. The Morgan fingerprint density at radius 2 is 1.76 bits per heavy atom. The molecule has 0 saturated carbocycles. The minimum absolute atomic E-state index is 0.114. The van der Waals surface area contributed by atoms with E-state index in [1.807, 2.05) is 0 Å². The Balaban J connectivity index is 1.70. The molecule has 0 atom stereocenters. The Hall–Kier alpha value is -2.19. The zero-order valence-corrected chi connectivity index (χ0v) is 16.4. The van der Waals surface area contributed by atoms with Crippen molar-refractivity contribution in [3.8, 4) is 11.5 Å². The Morgan fingerprint density at radius 1 is 1.07 bits per heavy atom. The van der Waals surface area contributed by atoms with E-state index in [0.29, 0.717) is 13.1 Å². The monoisotopic (exact) mass is 451 g/mol. The molecule has 2 aromatic carbocycles. The SMILES string of the molecule is O=C(c1cc(Cl)c(COc2ccc(OC(F)(F)F)c(Cl)c2)cc1F)N1CCCC1. The first-order valence-corrected chi connectivity index (χ1v) is 9.35. The summed E-state index contributed by atoms with van der Waals surface area (Å²) in [5.41, 5.74) is 0.159. The van der Waals surface area contributed by atoms with E-state index in [4.69, 9.17) is 27.9 Å². The smallest absolute Gasteiger partial charge is 0.489 e. The van der Waals surface area contributed by atoms with Crippen LogP contribution in [0.3, 0.4) is 0 Å². The number of rotatable bonds is 5. The molecule has 3 rings (SSSR count). The average Bonchev–Trinajstić information content (AvgIpc) is 3.17. The van der Waals surface area contributed by atoms with Gasteiger partial charge in [0, 0.05) is 29.7 Å². The Morgan fingerprint density at radius 3 is 2.38 bits per heavy atom. The van der Waals surface area contributed by atoms with Crippen molar-refractivity contribution in [1.82, 2.24) is 4.90 Å². The largest absolute Gasteiger partial charge is 0.573 e. The van der Waals surface area contributed by atoms with E-state index in [1.165, 1.54) is 12.1 Å². The highest BCUT2D eigenvalue weighted by Gasteiger charge is 2.32. The highest BCUT2D eigenvalue weighted by molar-refractivity contribution is 6.32. The summed E-state index contributed by atoms with van der Waals surface area (Å²) in [6.07, 6.45) is -3.12. The second-order valence-corrected chi connectivity index (χ2v) is 7.17. The molecule has 1 aliphatic heterocycles. The van der Waals surface area contributed by atoms with Crippen LogP contribution in [0, 0.1) is 5.82 Å². The lowest BCUT2D eigenvalue weighted by Crippen LogP contribution is -2.28. The molecular formula is C19H15Cl2F4NO3. The third-order valence-electron chi connectivity index (χ3n) is 4.28. The van der Waals surface area contributed by atoms with E-state index in [-0.39, 0.29) is 33.5 Å². The molecule has 0 N–H and O–H groups in total. The van der Waals surface area contributed by atoms with E-state index < -0.39 is 23.8 Å². The molecule has 0 aromatic heterocycles. The van der Waals surface area contributed by atoms with Crippen molar-refractivity contribution in [2.75, 3.05) is 13.1 Å². The van der Waals surface area contributed by atoms with Crippen LogP contribution < -0.4 is 9.47 Å². The van der Waals surface area contributed by atoms with Gasteiger partial charge in [-0.15, -0.1) is 13.2 Å². The number of nitrogens with zero attached hydrogens (tertiary/aromatic N) is 1.